The molecule has 34 heavy (non-hydrogen) atoms. The number of rotatable bonds is 5. The topological polar surface area (TPSA) is 84.8 Å². The zero-order valence-electron chi connectivity index (χ0n) is 18.4. The third-order valence-electron chi connectivity index (χ3n) is 6.36. The van der Waals surface area contributed by atoms with Crippen molar-refractivity contribution in [1.82, 2.24) is 19.4 Å². The van der Waals surface area contributed by atoms with Gasteiger partial charge in [0.1, 0.15) is 23.9 Å². The summed E-state index contributed by atoms with van der Waals surface area (Å²) < 4.78 is 28.5. The molecule has 0 atom stereocenters. The van der Waals surface area contributed by atoms with Gasteiger partial charge in [0.15, 0.2) is 17.5 Å². The number of halogens is 2. The number of nitrogens with zero attached hydrogens (tertiary/aromatic N) is 7. The Hall–Kier alpha value is -4.08. The molecule has 170 valence electrons. The molecular formula is C25H21F2N7. The molecule has 3 heterocycles. The van der Waals surface area contributed by atoms with E-state index in [1.54, 1.807) is 12.1 Å². The summed E-state index contributed by atoms with van der Waals surface area (Å²) in [7, 11) is 0. The molecule has 7 nitrogen and oxygen atoms in total. The smallest absolute Gasteiger partial charge is 0.159 e. The fourth-order valence-corrected chi connectivity index (χ4v) is 4.66. The highest BCUT2D eigenvalue weighted by atomic mass is 19.2. The second kappa shape index (κ2) is 9.05. The average Bonchev–Trinajstić information content (AvgIpc) is 3.19. The SMILES string of the molecule is N#CCn1c2cccc(C#N)c2c2ncnc(N3CCN(CCc4ccc(F)c(F)c4)CC3)c21. The molecule has 1 aliphatic heterocycles. The van der Waals surface area contributed by atoms with E-state index in [9.17, 15) is 19.3 Å². The first-order valence-electron chi connectivity index (χ1n) is 11.0. The highest BCUT2D eigenvalue weighted by Gasteiger charge is 2.24. The zero-order chi connectivity index (χ0) is 23.7. The molecule has 2 aromatic heterocycles. The fourth-order valence-electron chi connectivity index (χ4n) is 4.66. The molecule has 0 N–H and O–H groups in total. The van der Waals surface area contributed by atoms with Crippen LogP contribution in [0.15, 0.2) is 42.7 Å². The normalized spacial score (nSPS) is 14.4. The van der Waals surface area contributed by atoms with Crippen LogP contribution in [0.3, 0.4) is 0 Å². The van der Waals surface area contributed by atoms with Crippen LogP contribution in [0.5, 0.6) is 0 Å². The predicted molar refractivity (Wildman–Crippen MR) is 124 cm³/mol. The molecule has 0 amide bonds. The lowest BCUT2D eigenvalue weighted by atomic mass is 10.1. The number of piperazine rings is 1. The lowest BCUT2D eigenvalue weighted by Gasteiger charge is -2.35. The molecule has 1 fully saturated rings. The van der Waals surface area contributed by atoms with E-state index >= 15 is 0 Å². The molecule has 1 saturated heterocycles. The molecule has 0 radical (unpaired) electrons. The standard InChI is InChI=1S/C25H21F2N7/c26-19-5-4-17(14-20(19)27)6-8-32-10-12-33(13-11-32)25-24-23(30-16-31-25)22-18(15-29)2-1-3-21(22)34(24)9-7-28/h1-5,14,16H,6,8-13H2. The lowest BCUT2D eigenvalue weighted by molar-refractivity contribution is 0.260. The number of nitriles is 2. The summed E-state index contributed by atoms with van der Waals surface area (Å²) in [5, 5.41) is 19.8. The van der Waals surface area contributed by atoms with E-state index in [4.69, 9.17) is 0 Å². The largest absolute Gasteiger partial charge is 0.352 e. The number of benzene rings is 2. The maximum absolute atomic E-state index is 13.5. The fraction of sp³-hybridized carbons (Fsp3) is 0.280. The van der Waals surface area contributed by atoms with E-state index < -0.39 is 11.6 Å². The van der Waals surface area contributed by atoms with E-state index in [1.165, 1.54) is 18.5 Å². The van der Waals surface area contributed by atoms with Crippen molar-refractivity contribution in [3.05, 3.63) is 65.5 Å². The molecule has 0 aliphatic carbocycles. The van der Waals surface area contributed by atoms with Crippen molar-refractivity contribution < 1.29 is 8.78 Å². The van der Waals surface area contributed by atoms with Gasteiger partial charge in [0.25, 0.3) is 0 Å². The second-order valence-electron chi connectivity index (χ2n) is 8.28. The zero-order valence-corrected chi connectivity index (χ0v) is 18.4. The first kappa shape index (κ1) is 21.7. The summed E-state index contributed by atoms with van der Waals surface area (Å²) in [4.78, 5) is 13.5. The monoisotopic (exact) mass is 457 g/mol. The third kappa shape index (κ3) is 3.81. The first-order chi connectivity index (χ1) is 16.6. The Kier molecular flexibility index (Phi) is 5.79. The van der Waals surface area contributed by atoms with Gasteiger partial charge in [-0.3, -0.25) is 4.90 Å². The first-order valence-corrected chi connectivity index (χ1v) is 11.0. The summed E-state index contributed by atoms with van der Waals surface area (Å²) in [5.41, 5.74) is 3.52. The summed E-state index contributed by atoms with van der Waals surface area (Å²) in [6.45, 7) is 3.90. The van der Waals surface area contributed by atoms with Gasteiger partial charge in [0.2, 0.25) is 0 Å². The number of hydrogen-bond donors (Lipinski definition) is 0. The van der Waals surface area contributed by atoms with Crippen LogP contribution in [0.2, 0.25) is 0 Å². The van der Waals surface area contributed by atoms with Crippen molar-refractivity contribution in [2.75, 3.05) is 37.6 Å². The van der Waals surface area contributed by atoms with Crippen LogP contribution in [0, 0.1) is 34.3 Å². The number of aromatic nitrogens is 3. The second-order valence-corrected chi connectivity index (χ2v) is 8.28. The van der Waals surface area contributed by atoms with Gasteiger partial charge in [0, 0.05) is 38.1 Å². The van der Waals surface area contributed by atoms with E-state index in [-0.39, 0.29) is 6.54 Å². The molecule has 0 unspecified atom stereocenters. The summed E-state index contributed by atoms with van der Waals surface area (Å²) >= 11 is 0. The summed E-state index contributed by atoms with van der Waals surface area (Å²) in [6, 6.07) is 14.0. The van der Waals surface area contributed by atoms with Gasteiger partial charge < -0.3 is 9.47 Å². The van der Waals surface area contributed by atoms with Gasteiger partial charge in [0.05, 0.1) is 23.2 Å². The molecule has 9 heteroatoms. The molecule has 0 saturated carbocycles. The van der Waals surface area contributed by atoms with Crippen molar-refractivity contribution in [3.8, 4) is 12.1 Å². The Labute approximate surface area is 195 Å². The number of anilines is 1. The van der Waals surface area contributed by atoms with Gasteiger partial charge in [-0.1, -0.05) is 12.1 Å². The van der Waals surface area contributed by atoms with Crippen LogP contribution >= 0.6 is 0 Å². The van der Waals surface area contributed by atoms with Crippen LogP contribution in [0.25, 0.3) is 21.9 Å². The van der Waals surface area contributed by atoms with Gasteiger partial charge in [-0.25, -0.2) is 18.7 Å². The molecule has 5 rings (SSSR count). The molecular weight excluding hydrogens is 436 g/mol. The van der Waals surface area contributed by atoms with Gasteiger partial charge >= 0.3 is 0 Å². The minimum Gasteiger partial charge on any atom is -0.352 e. The molecule has 2 aromatic carbocycles. The van der Waals surface area contributed by atoms with Gasteiger partial charge in [-0.2, -0.15) is 10.5 Å². The lowest BCUT2D eigenvalue weighted by Crippen LogP contribution is -2.47. The van der Waals surface area contributed by atoms with Crippen molar-refractivity contribution in [1.29, 1.82) is 10.5 Å². The van der Waals surface area contributed by atoms with E-state index in [2.05, 4.69) is 31.9 Å². The molecule has 0 spiro atoms. The Balaban J connectivity index is 1.40. The van der Waals surface area contributed by atoms with E-state index in [1.807, 2.05) is 16.7 Å². The summed E-state index contributed by atoms with van der Waals surface area (Å²) in [5.74, 6) is -0.896. The average molecular weight is 457 g/mol. The van der Waals surface area contributed by atoms with Crippen molar-refractivity contribution in [2.24, 2.45) is 0 Å². The van der Waals surface area contributed by atoms with Crippen LogP contribution < -0.4 is 4.90 Å². The highest BCUT2D eigenvalue weighted by molar-refractivity contribution is 6.11. The third-order valence-corrected chi connectivity index (χ3v) is 6.36. The molecule has 1 aliphatic rings. The van der Waals surface area contributed by atoms with Crippen molar-refractivity contribution in [3.63, 3.8) is 0 Å². The van der Waals surface area contributed by atoms with Crippen LogP contribution in [-0.4, -0.2) is 52.2 Å². The Morgan fingerprint density at radius 1 is 0.971 bits per heavy atom. The van der Waals surface area contributed by atoms with Crippen molar-refractivity contribution in [2.45, 2.75) is 13.0 Å². The van der Waals surface area contributed by atoms with Crippen molar-refractivity contribution >= 4 is 27.8 Å². The predicted octanol–water partition coefficient (Wildman–Crippen LogP) is 3.62. The minimum absolute atomic E-state index is 0.128. The Bertz CT molecular complexity index is 1460. The minimum atomic E-state index is -0.829. The maximum atomic E-state index is 13.5. The van der Waals surface area contributed by atoms with E-state index in [0.29, 0.717) is 17.5 Å². The highest BCUT2D eigenvalue weighted by Crippen LogP contribution is 2.34. The number of fused-ring (bicyclic) bond motifs is 3. The molecule has 0 bridgehead atoms. The van der Waals surface area contributed by atoms with Crippen LogP contribution in [-0.2, 0) is 13.0 Å². The van der Waals surface area contributed by atoms with Gasteiger partial charge in [-0.15, -0.1) is 0 Å². The van der Waals surface area contributed by atoms with E-state index in [0.717, 1.165) is 60.5 Å². The number of hydrogen-bond acceptors (Lipinski definition) is 6. The van der Waals surface area contributed by atoms with Crippen LogP contribution in [0.4, 0.5) is 14.6 Å². The maximum Gasteiger partial charge on any atom is 0.159 e. The summed E-state index contributed by atoms with van der Waals surface area (Å²) in [6.07, 6.45) is 2.15. The quantitative estimate of drug-likeness (QED) is 0.455. The van der Waals surface area contributed by atoms with Gasteiger partial charge in [-0.05, 0) is 36.2 Å². The Morgan fingerprint density at radius 2 is 1.79 bits per heavy atom. The Morgan fingerprint density at radius 3 is 2.53 bits per heavy atom. The van der Waals surface area contributed by atoms with Crippen LogP contribution in [0.1, 0.15) is 11.1 Å². The molecule has 4 aromatic rings.